The maximum absolute atomic E-state index is 12.6. The van der Waals surface area contributed by atoms with Crippen molar-refractivity contribution in [3.8, 4) is 0 Å². The fourth-order valence-corrected chi connectivity index (χ4v) is 4.20. The summed E-state index contributed by atoms with van der Waals surface area (Å²) in [6, 6.07) is 8.00. The molecular weight excluding hydrogens is 342 g/mol. The molecule has 7 heteroatoms. The highest BCUT2D eigenvalue weighted by atomic mass is 32.2. The van der Waals surface area contributed by atoms with E-state index in [1.807, 2.05) is 12.3 Å². The molecule has 0 radical (unpaired) electrons. The molecule has 1 aliphatic rings. The summed E-state index contributed by atoms with van der Waals surface area (Å²) >= 11 is 3.22. The van der Waals surface area contributed by atoms with E-state index in [2.05, 4.69) is 32.7 Å². The molecule has 0 aromatic carbocycles. The Hall–Kier alpha value is -1.41. The monoisotopic (exact) mass is 363 g/mol. The predicted molar refractivity (Wildman–Crippen MR) is 97.8 cm³/mol. The number of ether oxygens (including phenoxy) is 1. The molecule has 5 nitrogen and oxygen atoms in total. The van der Waals surface area contributed by atoms with Gasteiger partial charge in [0, 0.05) is 30.7 Å². The van der Waals surface area contributed by atoms with Crippen molar-refractivity contribution in [1.29, 1.82) is 0 Å². The molecule has 1 N–H and O–H groups in total. The first-order valence-corrected chi connectivity index (χ1v) is 10.0. The number of nitrogens with one attached hydrogen (secondary N) is 1. The number of hydrogen-bond donors (Lipinski definition) is 1. The maximum atomic E-state index is 12.6. The molecule has 1 atom stereocenters. The van der Waals surface area contributed by atoms with Gasteiger partial charge in [0.2, 0.25) is 0 Å². The van der Waals surface area contributed by atoms with E-state index in [1.54, 1.807) is 23.6 Å². The number of carbonyl (C=O) groups is 1. The van der Waals surface area contributed by atoms with Gasteiger partial charge in [0.05, 0.1) is 24.8 Å². The Morgan fingerprint density at radius 2 is 2.25 bits per heavy atom. The second-order valence-corrected chi connectivity index (χ2v) is 7.22. The lowest BCUT2D eigenvalue weighted by Gasteiger charge is -2.34. The topological polar surface area (TPSA) is 54.5 Å². The average molecular weight is 364 g/mol. The largest absolute Gasteiger partial charge is 0.379 e. The third kappa shape index (κ3) is 4.16. The van der Waals surface area contributed by atoms with Crippen LogP contribution in [0, 0.1) is 0 Å². The Labute approximate surface area is 150 Å². The molecule has 0 spiro atoms. The van der Waals surface area contributed by atoms with Crippen LogP contribution in [0.1, 0.15) is 21.3 Å². The second kappa shape index (κ2) is 8.62. The molecule has 0 unspecified atom stereocenters. The quantitative estimate of drug-likeness (QED) is 0.800. The average Bonchev–Trinajstić information content (AvgIpc) is 3.17. The number of carbonyl (C=O) groups excluding carboxylic acids is 1. The SMILES string of the molecule is CSc1ncccc1C(=O)NC[C@H](c1cccs1)N1CCOCC1. The van der Waals surface area contributed by atoms with Gasteiger partial charge < -0.3 is 10.1 Å². The van der Waals surface area contributed by atoms with Gasteiger partial charge >= 0.3 is 0 Å². The molecule has 1 amide bonds. The molecule has 0 saturated carbocycles. The molecule has 3 rings (SSSR count). The lowest BCUT2D eigenvalue weighted by Crippen LogP contribution is -2.43. The number of rotatable bonds is 6. The highest BCUT2D eigenvalue weighted by Gasteiger charge is 2.24. The van der Waals surface area contributed by atoms with Crippen molar-refractivity contribution in [3.05, 3.63) is 46.3 Å². The highest BCUT2D eigenvalue weighted by molar-refractivity contribution is 7.98. The summed E-state index contributed by atoms with van der Waals surface area (Å²) in [4.78, 5) is 20.5. The zero-order chi connectivity index (χ0) is 16.8. The molecule has 1 fully saturated rings. The van der Waals surface area contributed by atoms with Crippen LogP contribution >= 0.6 is 23.1 Å². The zero-order valence-electron chi connectivity index (χ0n) is 13.6. The number of pyridine rings is 1. The number of amides is 1. The number of morpholine rings is 1. The summed E-state index contributed by atoms with van der Waals surface area (Å²) in [5, 5.41) is 5.93. The van der Waals surface area contributed by atoms with Gasteiger partial charge in [0.1, 0.15) is 5.03 Å². The van der Waals surface area contributed by atoms with Crippen LogP contribution in [0.4, 0.5) is 0 Å². The van der Waals surface area contributed by atoms with Gasteiger partial charge in [0.15, 0.2) is 0 Å². The number of thioether (sulfide) groups is 1. The molecule has 128 valence electrons. The standard InChI is InChI=1S/C17H21N3O2S2/c1-23-17-13(4-2-6-18-17)16(21)19-12-14(15-5-3-11-24-15)20-7-9-22-10-8-20/h2-6,11,14H,7-10,12H2,1H3,(H,19,21)/t14-/m1/s1. The van der Waals surface area contributed by atoms with Crippen LogP contribution in [-0.2, 0) is 4.74 Å². The fraction of sp³-hybridized carbons (Fsp3) is 0.412. The van der Waals surface area contributed by atoms with Crippen molar-refractivity contribution in [2.45, 2.75) is 11.1 Å². The van der Waals surface area contributed by atoms with Crippen LogP contribution in [0.5, 0.6) is 0 Å². The second-order valence-electron chi connectivity index (χ2n) is 5.45. The van der Waals surface area contributed by atoms with Gasteiger partial charge in [-0.15, -0.1) is 23.1 Å². The minimum Gasteiger partial charge on any atom is -0.379 e. The minimum atomic E-state index is -0.0673. The third-order valence-corrected chi connectivity index (χ3v) is 5.71. The van der Waals surface area contributed by atoms with Gasteiger partial charge in [-0.1, -0.05) is 6.07 Å². The van der Waals surface area contributed by atoms with E-state index in [0.717, 1.165) is 31.3 Å². The Morgan fingerprint density at radius 1 is 1.42 bits per heavy atom. The first-order valence-electron chi connectivity index (χ1n) is 7.92. The van der Waals surface area contributed by atoms with Crippen LogP contribution in [0.25, 0.3) is 0 Å². The first-order chi connectivity index (χ1) is 11.8. The lowest BCUT2D eigenvalue weighted by atomic mass is 10.1. The van der Waals surface area contributed by atoms with E-state index in [-0.39, 0.29) is 11.9 Å². The molecule has 2 aromatic heterocycles. The molecule has 3 heterocycles. The Bertz CT molecular complexity index is 658. The lowest BCUT2D eigenvalue weighted by molar-refractivity contribution is 0.0169. The van der Waals surface area contributed by atoms with Gasteiger partial charge in [-0.25, -0.2) is 4.98 Å². The summed E-state index contributed by atoms with van der Waals surface area (Å²) in [5.74, 6) is -0.0673. The number of thiophene rings is 1. The molecule has 0 aliphatic carbocycles. The van der Waals surface area contributed by atoms with Crippen molar-refractivity contribution < 1.29 is 9.53 Å². The van der Waals surface area contributed by atoms with Crippen molar-refractivity contribution in [2.75, 3.05) is 39.1 Å². The van der Waals surface area contributed by atoms with Gasteiger partial charge in [-0.2, -0.15) is 0 Å². The summed E-state index contributed by atoms with van der Waals surface area (Å²) in [6.07, 6.45) is 3.64. The van der Waals surface area contributed by atoms with Crippen LogP contribution < -0.4 is 5.32 Å². The molecular formula is C17H21N3O2S2. The smallest absolute Gasteiger partial charge is 0.254 e. The Kier molecular flexibility index (Phi) is 6.25. The van der Waals surface area contributed by atoms with Crippen molar-refractivity contribution in [3.63, 3.8) is 0 Å². The Morgan fingerprint density at radius 3 is 2.96 bits per heavy atom. The summed E-state index contributed by atoms with van der Waals surface area (Å²) < 4.78 is 5.46. The first kappa shape index (κ1) is 17.4. The molecule has 2 aromatic rings. The zero-order valence-corrected chi connectivity index (χ0v) is 15.2. The van der Waals surface area contributed by atoms with Gasteiger partial charge in [0.25, 0.3) is 5.91 Å². The van der Waals surface area contributed by atoms with E-state index in [4.69, 9.17) is 4.74 Å². The van der Waals surface area contributed by atoms with E-state index in [0.29, 0.717) is 12.1 Å². The van der Waals surface area contributed by atoms with Gasteiger partial charge in [-0.05, 0) is 29.8 Å². The maximum Gasteiger partial charge on any atom is 0.254 e. The minimum absolute atomic E-state index is 0.0673. The summed E-state index contributed by atoms with van der Waals surface area (Å²) in [6.45, 7) is 3.86. The van der Waals surface area contributed by atoms with E-state index >= 15 is 0 Å². The number of aromatic nitrogens is 1. The van der Waals surface area contributed by atoms with Crippen LogP contribution in [0.2, 0.25) is 0 Å². The number of hydrogen-bond acceptors (Lipinski definition) is 6. The van der Waals surface area contributed by atoms with E-state index in [9.17, 15) is 4.79 Å². The Balaban J connectivity index is 1.70. The van der Waals surface area contributed by atoms with Crippen molar-refractivity contribution in [1.82, 2.24) is 15.2 Å². The highest BCUT2D eigenvalue weighted by Crippen LogP contribution is 2.25. The number of nitrogens with zero attached hydrogens (tertiary/aromatic N) is 2. The van der Waals surface area contributed by atoms with E-state index in [1.165, 1.54) is 16.6 Å². The molecule has 1 aliphatic heterocycles. The summed E-state index contributed by atoms with van der Waals surface area (Å²) in [7, 11) is 0. The molecule has 24 heavy (non-hydrogen) atoms. The fourth-order valence-electron chi connectivity index (χ4n) is 2.79. The normalized spacial score (nSPS) is 16.7. The van der Waals surface area contributed by atoms with Crippen molar-refractivity contribution >= 4 is 29.0 Å². The van der Waals surface area contributed by atoms with Crippen LogP contribution in [0.3, 0.4) is 0 Å². The van der Waals surface area contributed by atoms with Crippen molar-refractivity contribution in [2.24, 2.45) is 0 Å². The third-order valence-electron chi connectivity index (χ3n) is 4.02. The molecule has 1 saturated heterocycles. The van der Waals surface area contributed by atoms with E-state index < -0.39 is 0 Å². The van der Waals surface area contributed by atoms with Crippen LogP contribution in [0.15, 0.2) is 40.9 Å². The molecule has 0 bridgehead atoms. The predicted octanol–water partition coefficient (Wildman–Crippen LogP) is 2.67. The summed E-state index contributed by atoms with van der Waals surface area (Å²) in [5.41, 5.74) is 0.636. The van der Waals surface area contributed by atoms with Crippen LogP contribution in [-0.4, -0.2) is 54.9 Å². The van der Waals surface area contributed by atoms with Gasteiger partial charge in [-0.3, -0.25) is 9.69 Å².